The number of aryl methyl sites for hydroxylation is 1. The Morgan fingerprint density at radius 3 is 2.76 bits per heavy atom. The highest BCUT2D eigenvalue weighted by molar-refractivity contribution is 6.31. The first kappa shape index (κ1) is 21.1. The Balaban J connectivity index is 1.58. The molecule has 156 valence electrons. The molecule has 8 nitrogen and oxygen atoms in total. The van der Waals surface area contributed by atoms with Gasteiger partial charge in [-0.3, -0.25) is 9.59 Å². The summed E-state index contributed by atoms with van der Waals surface area (Å²) >= 11 is 5.90. The smallest absolute Gasteiger partial charge is 0.355 e. The lowest BCUT2D eigenvalue weighted by molar-refractivity contribution is -0.131. The van der Waals surface area contributed by atoms with Gasteiger partial charge in [0.1, 0.15) is 22.4 Å². The van der Waals surface area contributed by atoms with Crippen LogP contribution in [0.3, 0.4) is 0 Å². The molecule has 1 aromatic carbocycles. The Bertz CT molecular complexity index is 967. The standard InChI is InChI=1S/C20H23ClN2O6/c1-11-14-7-6-13(8-16(14)29-20(27)18(11)21)28-10-17(25)23-15(9-24)19(26)22-12-4-2-3-5-12/h6-8,12,15,24H,2-5,9-10H2,1H3,(H,22,26)(H,23,25)/t15-/m0/s1. The molecule has 3 N–H and O–H groups in total. The molecule has 0 bridgehead atoms. The van der Waals surface area contributed by atoms with Crippen molar-refractivity contribution < 1.29 is 23.8 Å². The van der Waals surface area contributed by atoms with Crippen LogP contribution in [0.25, 0.3) is 11.0 Å². The van der Waals surface area contributed by atoms with Crippen LogP contribution in [0.2, 0.25) is 5.02 Å². The fourth-order valence-corrected chi connectivity index (χ4v) is 3.49. The maximum absolute atomic E-state index is 12.2. The summed E-state index contributed by atoms with van der Waals surface area (Å²) in [6.45, 7) is 0.836. The third-order valence-electron chi connectivity index (χ3n) is 4.97. The number of carbonyl (C=O) groups excluding carboxylic acids is 2. The number of nitrogens with one attached hydrogen (secondary N) is 2. The van der Waals surface area contributed by atoms with Gasteiger partial charge in [-0.25, -0.2) is 4.79 Å². The molecule has 0 spiro atoms. The quantitative estimate of drug-likeness (QED) is 0.584. The minimum absolute atomic E-state index is 0.0245. The second-order valence-corrected chi connectivity index (χ2v) is 7.45. The fourth-order valence-electron chi connectivity index (χ4n) is 3.35. The van der Waals surface area contributed by atoms with Gasteiger partial charge in [0.25, 0.3) is 5.91 Å². The average Bonchev–Trinajstić information content (AvgIpc) is 3.21. The Morgan fingerprint density at radius 1 is 1.34 bits per heavy atom. The molecule has 3 rings (SSSR count). The highest BCUT2D eigenvalue weighted by Gasteiger charge is 2.24. The van der Waals surface area contributed by atoms with Gasteiger partial charge >= 0.3 is 5.63 Å². The van der Waals surface area contributed by atoms with Gasteiger partial charge in [-0.2, -0.15) is 0 Å². The topological polar surface area (TPSA) is 118 Å². The number of hydrogen-bond donors (Lipinski definition) is 3. The lowest BCUT2D eigenvalue weighted by Crippen LogP contribution is -2.51. The van der Waals surface area contributed by atoms with Crippen molar-refractivity contribution in [2.75, 3.05) is 13.2 Å². The number of benzene rings is 1. The van der Waals surface area contributed by atoms with Crippen LogP contribution < -0.4 is 21.0 Å². The Hall–Kier alpha value is -2.58. The maximum Gasteiger partial charge on any atom is 0.355 e. The summed E-state index contributed by atoms with van der Waals surface area (Å²) in [7, 11) is 0. The predicted molar refractivity (Wildman–Crippen MR) is 107 cm³/mol. The monoisotopic (exact) mass is 422 g/mol. The van der Waals surface area contributed by atoms with Crippen molar-refractivity contribution in [3.63, 3.8) is 0 Å². The summed E-state index contributed by atoms with van der Waals surface area (Å²) in [6, 6.07) is 3.84. The van der Waals surface area contributed by atoms with Crippen LogP contribution in [0.1, 0.15) is 31.2 Å². The van der Waals surface area contributed by atoms with E-state index in [4.69, 9.17) is 20.8 Å². The minimum Gasteiger partial charge on any atom is -0.484 e. The van der Waals surface area contributed by atoms with Gasteiger partial charge in [0, 0.05) is 17.5 Å². The molecule has 1 aliphatic carbocycles. The van der Waals surface area contributed by atoms with Crippen molar-refractivity contribution in [1.29, 1.82) is 0 Å². The van der Waals surface area contributed by atoms with E-state index >= 15 is 0 Å². The number of hydrogen-bond acceptors (Lipinski definition) is 6. The molecule has 0 saturated heterocycles. The SMILES string of the molecule is Cc1c(Cl)c(=O)oc2cc(OCC(=O)N[C@@H](CO)C(=O)NC3CCCC3)ccc12. The van der Waals surface area contributed by atoms with Crippen LogP contribution in [0.4, 0.5) is 0 Å². The molecule has 2 aromatic rings. The number of amides is 2. The van der Waals surface area contributed by atoms with Gasteiger partial charge in [0.15, 0.2) is 6.61 Å². The number of fused-ring (bicyclic) bond motifs is 1. The summed E-state index contributed by atoms with van der Waals surface area (Å²) in [4.78, 5) is 36.0. The van der Waals surface area contributed by atoms with E-state index in [2.05, 4.69) is 10.6 Å². The average molecular weight is 423 g/mol. The van der Waals surface area contributed by atoms with Gasteiger partial charge in [-0.1, -0.05) is 24.4 Å². The predicted octanol–water partition coefficient (Wildman–Crippen LogP) is 1.67. The molecule has 29 heavy (non-hydrogen) atoms. The molecular formula is C20H23ClN2O6. The van der Waals surface area contributed by atoms with Crippen LogP contribution >= 0.6 is 11.6 Å². The molecule has 0 aliphatic heterocycles. The zero-order valence-electron chi connectivity index (χ0n) is 16.0. The number of aliphatic hydroxyl groups excluding tert-OH is 1. The summed E-state index contributed by atoms with van der Waals surface area (Å²) in [5.74, 6) is -0.652. The normalized spacial score (nSPS) is 15.3. The molecule has 1 saturated carbocycles. The zero-order chi connectivity index (χ0) is 21.0. The van der Waals surface area contributed by atoms with Crippen molar-refractivity contribution in [3.05, 3.63) is 39.2 Å². The van der Waals surface area contributed by atoms with E-state index in [0.717, 1.165) is 25.7 Å². The number of rotatable bonds is 7. The van der Waals surface area contributed by atoms with Gasteiger partial charge < -0.3 is 24.9 Å². The largest absolute Gasteiger partial charge is 0.484 e. The second-order valence-electron chi connectivity index (χ2n) is 7.07. The molecular weight excluding hydrogens is 400 g/mol. The first-order chi connectivity index (χ1) is 13.9. The molecule has 2 amide bonds. The maximum atomic E-state index is 12.2. The third-order valence-corrected chi connectivity index (χ3v) is 5.41. The molecule has 9 heteroatoms. The summed E-state index contributed by atoms with van der Waals surface area (Å²) < 4.78 is 10.6. The van der Waals surface area contributed by atoms with Crippen LogP contribution in [0.15, 0.2) is 27.4 Å². The van der Waals surface area contributed by atoms with E-state index in [-0.39, 0.29) is 17.7 Å². The molecule has 1 aromatic heterocycles. The highest BCUT2D eigenvalue weighted by atomic mass is 35.5. The van der Waals surface area contributed by atoms with Crippen molar-refractivity contribution in [3.8, 4) is 5.75 Å². The van der Waals surface area contributed by atoms with Crippen molar-refractivity contribution in [2.45, 2.75) is 44.7 Å². The van der Waals surface area contributed by atoms with Gasteiger partial charge in [-0.15, -0.1) is 0 Å². The van der Waals surface area contributed by atoms with Crippen LogP contribution in [0.5, 0.6) is 5.75 Å². The molecule has 0 unspecified atom stereocenters. The molecule has 1 fully saturated rings. The van der Waals surface area contributed by atoms with E-state index in [1.807, 2.05) is 0 Å². The van der Waals surface area contributed by atoms with Gasteiger partial charge in [0.2, 0.25) is 5.91 Å². The van der Waals surface area contributed by atoms with Crippen LogP contribution in [-0.4, -0.2) is 42.2 Å². The summed E-state index contributed by atoms with van der Waals surface area (Å²) in [5.41, 5.74) is 0.242. The summed E-state index contributed by atoms with van der Waals surface area (Å²) in [6.07, 6.45) is 3.94. The van der Waals surface area contributed by atoms with Crippen LogP contribution in [-0.2, 0) is 9.59 Å². The Morgan fingerprint density at radius 2 is 2.07 bits per heavy atom. The van der Waals surface area contributed by atoms with Gasteiger partial charge in [-0.05, 0) is 37.5 Å². The minimum atomic E-state index is -1.04. The first-order valence-electron chi connectivity index (χ1n) is 9.45. The van der Waals surface area contributed by atoms with Crippen molar-refractivity contribution in [1.82, 2.24) is 10.6 Å². The molecule has 0 radical (unpaired) electrons. The van der Waals surface area contributed by atoms with E-state index < -0.39 is 30.1 Å². The molecule has 1 heterocycles. The van der Waals surface area contributed by atoms with Crippen LogP contribution in [0, 0.1) is 6.92 Å². The number of halogens is 1. The lowest BCUT2D eigenvalue weighted by Gasteiger charge is -2.19. The summed E-state index contributed by atoms with van der Waals surface area (Å²) in [5, 5.41) is 15.4. The zero-order valence-corrected chi connectivity index (χ0v) is 16.8. The van der Waals surface area contributed by atoms with Crippen molar-refractivity contribution in [2.24, 2.45) is 0 Å². The van der Waals surface area contributed by atoms with E-state index in [9.17, 15) is 19.5 Å². The molecule has 1 aliphatic rings. The van der Waals surface area contributed by atoms with Gasteiger partial charge in [0.05, 0.1) is 6.61 Å². The Labute approximate surface area is 172 Å². The number of carbonyl (C=O) groups is 2. The third kappa shape index (κ3) is 5.07. The first-order valence-corrected chi connectivity index (χ1v) is 9.83. The van der Waals surface area contributed by atoms with E-state index in [0.29, 0.717) is 22.3 Å². The molecule has 1 atom stereocenters. The van der Waals surface area contributed by atoms with Crippen molar-refractivity contribution >= 4 is 34.4 Å². The Kier molecular flexibility index (Phi) is 6.76. The second kappa shape index (κ2) is 9.28. The fraction of sp³-hybridized carbons (Fsp3) is 0.450. The van der Waals surface area contributed by atoms with E-state index in [1.54, 1.807) is 19.1 Å². The lowest BCUT2D eigenvalue weighted by atomic mass is 10.1. The number of ether oxygens (including phenoxy) is 1. The number of aliphatic hydroxyl groups is 1. The van der Waals surface area contributed by atoms with E-state index in [1.165, 1.54) is 6.07 Å². The highest BCUT2D eigenvalue weighted by Crippen LogP contribution is 2.25.